The molecule has 9 heteroatoms. The lowest BCUT2D eigenvalue weighted by Crippen LogP contribution is -2.32. The van der Waals surface area contributed by atoms with Gasteiger partial charge in [0.2, 0.25) is 0 Å². The van der Waals surface area contributed by atoms with Crippen LogP contribution in [0.1, 0.15) is 82.3 Å². The van der Waals surface area contributed by atoms with Crippen molar-refractivity contribution in [2.45, 2.75) is 19.4 Å². The molecule has 0 aliphatic carbocycles. The molecule has 47 heavy (non-hydrogen) atoms. The minimum absolute atomic E-state index is 0.0651. The lowest BCUT2D eigenvalue weighted by Gasteiger charge is -2.20. The Bertz CT molecular complexity index is 2120. The summed E-state index contributed by atoms with van der Waals surface area (Å²) >= 11 is 0. The standard InChI is InChI=1S/C38H22N2O7/c1-5-22-9-13-29-31(17-22)35(43)39(33(29)41)26-19-25(37(45)47-28-11-7-24(8-12-28)15-16-38(3,4)46)20-27(21-26)40-34(42)30-14-10-23(6-2)18-32(30)36(40)44/h1-2,7-14,17-21,46H,3-4H3. The van der Waals surface area contributed by atoms with Gasteiger partial charge in [0.05, 0.1) is 39.2 Å². The molecule has 0 unspecified atom stereocenters. The van der Waals surface area contributed by atoms with E-state index in [0.717, 1.165) is 9.80 Å². The Balaban J connectivity index is 1.41. The summed E-state index contributed by atoms with van der Waals surface area (Å²) in [5.41, 5.74) is 0.141. The van der Waals surface area contributed by atoms with E-state index in [1.54, 1.807) is 26.0 Å². The van der Waals surface area contributed by atoms with Gasteiger partial charge in [-0.2, -0.15) is 0 Å². The summed E-state index contributed by atoms with van der Waals surface area (Å²) in [7, 11) is 0. The number of carbonyl (C=O) groups is 5. The summed E-state index contributed by atoms with van der Waals surface area (Å²) in [6.07, 6.45) is 11.0. The molecule has 2 aliphatic heterocycles. The van der Waals surface area contributed by atoms with Crippen LogP contribution in [0.2, 0.25) is 0 Å². The van der Waals surface area contributed by atoms with Gasteiger partial charge >= 0.3 is 5.97 Å². The van der Waals surface area contributed by atoms with Crippen LogP contribution in [0, 0.1) is 36.5 Å². The van der Waals surface area contributed by atoms with E-state index in [-0.39, 0.29) is 44.9 Å². The Morgan fingerprint density at radius 3 is 1.55 bits per heavy atom. The van der Waals surface area contributed by atoms with E-state index in [4.69, 9.17) is 17.6 Å². The number of anilines is 2. The second-order valence-electron chi connectivity index (χ2n) is 11.2. The number of imide groups is 2. The smallest absolute Gasteiger partial charge is 0.343 e. The summed E-state index contributed by atoms with van der Waals surface area (Å²) in [5.74, 6) is 6.82. The van der Waals surface area contributed by atoms with Crippen molar-refractivity contribution in [2.24, 2.45) is 0 Å². The highest BCUT2D eigenvalue weighted by Gasteiger charge is 2.40. The van der Waals surface area contributed by atoms with Crippen molar-refractivity contribution in [1.82, 2.24) is 0 Å². The van der Waals surface area contributed by atoms with Crippen LogP contribution in [0.15, 0.2) is 78.9 Å². The number of esters is 1. The molecule has 2 aliphatic rings. The molecular weight excluding hydrogens is 596 g/mol. The van der Waals surface area contributed by atoms with Crippen LogP contribution in [-0.4, -0.2) is 40.3 Å². The first-order valence-corrected chi connectivity index (χ1v) is 14.1. The minimum Gasteiger partial charge on any atom is -0.423 e. The van der Waals surface area contributed by atoms with E-state index in [1.807, 2.05) is 0 Å². The van der Waals surface area contributed by atoms with Crippen LogP contribution < -0.4 is 14.5 Å². The van der Waals surface area contributed by atoms with Crippen molar-refractivity contribution < 1.29 is 33.8 Å². The fraction of sp³-hybridized carbons (Fsp3) is 0.0789. The summed E-state index contributed by atoms with van der Waals surface area (Å²) in [5, 5.41) is 9.85. The quantitative estimate of drug-likeness (QED) is 0.154. The summed E-state index contributed by atoms with van der Waals surface area (Å²) in [4.78, 5) is 69.2. The number of nitrogens with zero attached hydrogens (tertiary/aromatic N) is 2. The van der Waals surface area contributed by atoms with Gasteiger partial charge in [-0.05, 0) is 92.7 Å². The minimum atomic E-state index is -1.19. The number of hydrogen-bond donors (Lipinski definition) is 1. The highest BCUT2D eigenvalue weighted by atomic mass is 16.5. The molecule has 9 nitrogen and oxygen atoms in total. The van der Waals surface area contributed by atoms with E-state index >= 15 is 0 Å². The number of benzene rings is 4. The highest BCUT2D eigenvalue weighted by molar-refractivity contribution is 6.36. The molecule has 226 valence electrons. The third-order valence-electron chi connectivity index (χ3n) is 7.34. The zero-order valence-electron chi connectivity index (χ0n) is 25.0. The molecule has 0 aromatic heterocycles. The lowest BCUT2D eigenvalue weighted by atomic mass is 10.1. The average Bonchev–Trinajstić information content (AvgIpc) is 3.46. The van der Waals surface area contributed by atoms with Crippen LogP contribution in [0.25, 0.3) is 0 Å². The topological polar surface area (TPSA) is 121 Å². The number of hydrogen-bond acceptors (Lipinski definition) is 7. The third kappa shape index (κ3) is 5.54. The Kier molecular flexibility index (Phi) is 7.30. The van der Waals surface area contributed by atoms with Crippen molar-refractivity contribution in [3.63, 3.8) is 0 Å². The second-order valence-corrected chi connectivity index (χ2v) is 11.2. The fourth-order valence-corrected chi connectivity index (χ4v) is 5.10. The third-order valence-corrected chi connectivity index (χ3v) is 7.34. The molecule has 1 N–H and O–H groups in total. The number of carbonyl (C=O) groups excluding carboxylic acids is 5. The molecule has 0 atom stereocenters. The zero-order valence-corrected chi connectivity index (χ0v) is 25.0. The van der Waals surface area contributed by atoms with Crippen LogP contribution in [0.4, 0.5) is 11.4 Å². The molecule has 0 spiro atoms. The number of fused-ring (bicyclic) bond motifs is 2. The van der Waals surface area contributed by atoms with Gasteiger partial charge in [-0.15, -0.1) is 12.8 Å². The second kappa shape index (κ2) is 11.3. The van der Waals surface area contributed by atoms with Gasteiger partial charge in [-0.3, -0.25) is 19.2 Å². The molecule has 4 amide bonds. The van der Waals surface area contributed by atoms with E-state index in [0.29, 0.717) is 16.7 Å². The molecule has 0 fully saturated rings. The first-order chi connectivity index (χ1) is 22.4. The number of rotatable bonds is 4. The van der Waals surface area contributed by atoms with Crippen molar-refractivity contribution in [3.05, 3.63) is 123 Å². The Hall–Kier alpha value is -6.73. The Morgan fingerprint density at radius 1 is 0.660 bits per heavy atom. The molecule has 0 bridgehead atoms. The number of ether oxygens (including phenoxy) is 1. The van der Waals surface area contributed by atoms with E-state index in [2.05, 4.69) is 23.7 Å². The monoisotopic (exact) mass is 618 g/mol. The lowest BCUT2D eigenvalue weighted by molar-refractivity contribution is 0.0732. The van der Waals surface area contributed by atoms with E-state index in [9.17, 15) is 29.1 Å². The maximum Gasteiger partial charge on any atom is 0.343 e. The van der Waals surface area contributed by atoms with Gasteiger partial charge in [0, 0.05) is 16.7 Å². The first kappa shape index (κ1) is 30.3. The van der Waals surface area contributed by atoms with Gasteiger partial charge in [0.1, 0.15) is 11.4 Å². The van der Waals surface area contributed by atoms with Crippen LogP contribution in [-0.2, 0) is 0 Å². The summed E-state index contributed by atoms with van der Waals surface area (Å²) < 4.78 is 5.57. The molecule has 0 radical (unpaired) electrons. The van der Waals surface area contributed by atoms with Gasteiger partial charge in [0.15, 0.2) is 0 Å². The van der Waals surface area contributed by atoms with Gasteiger partial charge in [-0.1, -0.05) is 23.7 Å². The van der Waals surface area contributed by atoms with Crippen molar-refractivity contribution >= 4 is 41.0 Å². The van der Waals surface area contributed by atoms with Crippen LogP contribution in [0.3, 0.4) is 0 Å². The maximum absolute atomic E-state index is 13.5. The predicted molar refractivity (Wildman–Crippen MR) is 172 cm³/mol. The molecule has 6 rings (SSSR count). The maximum atomic E-state index is 13.5. The highest BCUT2D eigenvalue weighted by Crippen LogP contribution is 2.36. The number of terminal acetylenes is 2. The molecule has 2 heterocycles. The van der Waals surface area contributed by atoms with Crippen molar-refractivity contribution in [3.8, 4) is 42.3 Å². The zero-order chi connectivity index (χ0) is 33.6. The molecule has 0 saturated heterocycles. The number of amides is 4. The van der Waals surface area contributed by atoms with Crippen molar-refractivity contribution in [2.75, 3.05) is 9.80 Å². The average molecular weight is 619 g/mol. The largest absolute Gasteiger partial charge is 0.423 e. The molecule has 4 aromatic rings. The Labute approximate surface area is 269 Å². The van der Waals surface area contributed by atoms with Crippen LogP contribution in [0.5, 0.6) is 5.75 Å². The van der Waals surface area contributed by atoms with E-state index < -0.39 is 35.2 Å². The Morgan fingerprint density at radius 2 is 1.11 bits per heavy atom. The predicted octanol–water partition coefficient (Wildman–Crippen LogP) is 4.59. The normalized spacial score (nSPS) is 13.4. The van der Waals surface area contributed by atoms with E-state index in [1.165, 1.54) is 66.7 Å². The SMILES string of the molecule is C#Cc1ccc2c(c1)C(=O)N(c1cc(C(=O)Oc3ccc(C#CC(C)(C)O)cc3)cc(N3C(=O)c4ccc(C#C)cc4C3=O)c1)C2=O. The fourth-order valence-electron chi connectivity index (χ4n) is 5.10. The van der Waals surface area contributed by atoms with Crippen molar-refractivity contribution in [1.29, 1.82) is 0 Å². The molecular formula is C38H22N2O7. The molecule has 4 aromatic carbocycles. The summed E-state index contributed by atoms with van der Waals surface area (Å²) in [6.45, 7) is 3.09. The molecule has 0 saturated carbocycles. The number of aliphatic hydroxyl groups is 1. The van der Waals surface area contributed by atoms with Gasteiger partial charge in [0.25, 0.3) is 23.6 Å². The van der Waals surface area contributed by atoms with Crippen LogP contribution >= 0.6 is 0 Å². The first-order valence-electron chi connectivity index (χ1n) is 14.1. The van der Waals surface area contributed by atoms with Gasteiger partial charge in [-0.25, -0.2) is 14.6 Å². The van der Waals surface area contributed by atoms with Gasteiger partial charge < -0.3 is 9.84 Å². The summed E-state index contributed by atoms with van der Waals surface area (Å²) in [6, 6.07) is 18.7.